The van der Waals surface area contributed by atoms with E-state index in [1.807, 2.05) is 13.0 Å². The molecule has 0 spiro atoms. The minimum Gasteiger partial charge on any atom is -0.279 e. The van der Waals surface area contributed by atoms with E-state index < -0.39 is 10.0 Å². The molecule has 0 fully saturated rings. The van der Waals surface area contributed by atoms with Gasteiger partial charge in [0.25, 0.3) is 10.0 Å². The molecule has 0 heterocycles. The molecule has 0 amide bonds. The second-order valence-corrected chi connectivity index (χ2v) is 6.97. The predicted octanol–water partition coefficient (Wildman–Crippen LogP) is 4.21. The molecule has 0 radical (unpaired) electrons. The predicted molar refractivity (Wildman–Crippen MR) is 81.1 cm³/mol. The highest BCUT2D eigenvalue weighted by Crippen LogP contribution is 2.26. The minimum atomic E-state index is -3.68. The average molecular weight is 361 g/mol. The second-order valence-electron chi connectivity index (χ2n) is 4.00. The summed E-state index contributed by atoms with van der Waals surface area (Å²) < 4.78 is 27.9. The van der Waals surface area contributed by atoms with Crippen LogP contribution in [-0.4, -0.2) is 8.42 Å². The van der Waals surface area contributed by atoms with Crippen molar-refractivity contribution >= 4 is 43.2 Å². The first-order valence-corrected chi connectivity index (χ1v) is 8.09. The molecule has 0 aromatic heterocycles. The maximum atomic E-state index is 12.3. The normalized spacial score (nSPS) is 11.3. The van der Waals surface area contributed by atoms with Gasteiger partial charge in [-0.05, 0) is 42.8 Å². The van der Waals surface area contributed by atoms with Crippen LogP contribution < -0.4 is 4.72 Å². The molecule has 2 aromatic rings. The molecular weight excluding hydrogens is 350 g/mol. The second kappa shape index (κ2) is 5.53. The first-order chi connectivity index (χ1) is 8.90. The van der Waals surface area contributed by atoms with Crippen molar-refractivity contribution in [1.82, 2.24) is 0 Å². The highest BCUT2D eigenvalue weighted by molar-refractivity contribution is 9.10. The number of benzene rings is 2. The number of rotatable bonds is 3. The number of hydrogen-bond acceptors (Lipinski definition) is 2. The molecule has 0 atom stereocenters. The molecule has 6 heteroatoms. The summed E-state index contributed by atoms with van der Waals surface area (Å²) in [6, 6.07) is 11.7. The Labute approximate surface area is 125 Å². The molecule has 0 aliphatic carbocycles. The van der Waals surface area contributed by atoms with Crippen molar-refractivity contribution in [3.63, 3.8) is 0 Å². The van der Waals surface area contributed by atoms with Gasteiger partial charge in [0, 0.05) is 4.47 Å². The topological polar surface area (TPSA) is 46.2 Å². The van der Waals surface area contributed by atoms with Gasteiger partial charge in [-0.2, -0.15) is 0 Å². The van der Waals surface area contributed by atoms with Crippen LogP contribution in [0.5, 0.6) is 0 Å². The SMILES string of the molecule is Cc1cc(Br)ccc1NS(=O)(=O)c1ccccc1Cl. The third-order valence-corrected chi connectivity index (χ3v) is 4.92. The lowest BCUT2D eigenvalue weighted by molar-refractivity contribution is 0.601. The van der Waals surface area contributed by atoms with Gasteiger partial charge < -0.3 is 0 Å². The summed E-state index contributed by atoms with van der Waals surface area (Å²) in [5, 5.41) is 0.199. The zero-order valence-electron chi connectivity index (χ0n) is 10.0. The average Bonchev–Trinajstić information content (AvgIpc) is 2.33. The van der Waals surface area contributed by atoms with Crippen LogP contribution in [0, 0.1) is 6.92 Å². The lowest BCUT2D eigenvalue weighted by Gasteiger charge is -2.11. The standard InChI is InChI=1S/C13H11BrClNO2S/c1-9-8-10(14)6-7-12(9)16-19(17,18)13-5-3-2-4-11(13)15/h2-8,16H,1H3. The molecule has 0 aliphatic heterocycles. The minimum absolute atomic E-state index is 0.0685. The van der Waals surface area contributed by atoms with Gasteiger partial charge in [-0.1, -0.05) is 39.7 Å². The number of nitrogens with one attached hydrogen (secondary N) is 1. The quantitative estimate of drug-likeness (QED) is 0.891. The zero-order valence-corrected chi connectivity index (χ0v) is 13.2. The Kier molecular flexibility index (Phi) is 4.18. The summed E-state index contributed by atoms with van der Waals surface area (Å²) in [5.41, 5.74) is 1.35. The van der Waals surface area contributed by atoms with Gasteiger partial charge in [0.05, 0.1) is 10.7 Å². The van der Waals surface area contributed by atoms with Crippen molar-refractivity contribution in [2.45, 2.75) is 11.8 Å². The summed E-state index contributed by atoms with van der Waals surface area (Å²) in [7, 11) is -3.68. The van der Waals surface area contributed by atoms with E-state index in [1.54, 1.807) is 30.3 Å². The molecule has 0 bridgehead atoms. The maximum Gasteiger partial charge on any atom is 0.263 e. The highest BCUT2D eigenvalue weighted by atomic mass is 79.9. The number of sulfonamides is 1. The van der Waals surface area contributed by atoms with Gasteiger partial charge in [0.2, 0.25) is 0 Å². The van der Waals surface area contributed by atoms with E-state index in [4.69, 9.17) is 11.6 Å². The molecule has 100 valence electrons. The zero-order chi connectivity index (χ0) is 14.0. The van der Waals surface area contributed by atoms with Crippen LogP contribution in [0.1, 0.15) is 5.56 Å². The Morgan fingerprint density at radius 1 is 1.16 bits per heavy atom. The van der Waals surface area contributed by atoms with Crippen LogP contribution in [-0.2, 0) is 10.0 Å². The van der Waals surface area contributed by atoms with Gasteiger partial charge in [0.15, 0.2) is 0 Å². The van der Waals surface area contributed by atoms with Crippen molar-refractivity contribution < 1.29 is 8.42 Å². The molecule has 0 aliphatic rings. The summed E-state index contributed by atoms with van der Waals surface area (Å²) in [5.74, 6) is 0. The fraction of sp³-hybridized carbons (Fsp3) is 0.0769. The number of hydrogen-bond donors (Lipinski definition) is 1. The molecule has 19 heavy (non-hydrogen) atoms. The largest absolute Gasteiger partial charge is 0.279 e. The van der Waals surface area contributed by atoms with Crippen LogP contribution in [0.25, 0.3) is 0 Å². The molecule has 0 unspecified atom stereocenters. The molecule has 2 rings (SSSR count). The Bertz CT molecular complexity index is 716. The maximum absolute atomic E-state index is 12.3. The summed E-state index contributed by atoms with van der Waals surface area (Å²) in [6.45, 7) is 1.83. The third kappa shape index (κ3) is 3.29. The Balaban J connectivity index is 2.40. The van der Waals surface area contributed by atoms with E-state index in [0.717, 1.165) is 10.0 Å². The van der Waals surface area contributed by atoms with E-state index in [0.29, 0.717) is 5.69 Å². The fourth-order valence-electron chi connectivity index (χ4n) is 1.60. The smallest absolute Gasteiger partial charge is 0.263 e. The van der Waals surface area contributed by atoms with Gasteiger partial charge in [-0.15, -0.1) is 0 Å². The molecular formula is C13H11BrClNO2S. The summed E-state index contributed by atoms with van der Waals surface area (Å²) in [6.07, 6.45) is 0. The first-order valence-electron chi connectivity index (χ1n) is 5.43. The Morgan fingerprint density at radius 3 is 2.47 bits per heavy atom. The van der Waals surface area contributed by atoms with E-state index >= 15 is 0 Å². The van der Waals surface area contributed by atoms with Crippen LogP contribution in [0.2, 0.25) is 5.02 Å². The lowest BCUT2D eigenvalue weighted by atomic mass is 10.2. The van der Waals surface area contributed by atoms with Gasteiger partial charge in [0.1, 0.15) is 4.90 Å². The van der Waals surface area contributed by atoms with Crippen molar-refractivity contribution in [2.24, 2.45) is 0 Å². The van der Waals surface area contributed by atoms with E-state index in [-0.39, 0.29) is 9.92 Å². The van der Waals surface area contributed by atoms with Crippen LogP contribution in [0.15, 0.2) is 51.8 Å². The summed E-state index contributed by atoms with van der Waals surface area (Å²) >= 11 is 9.25. The first kappa shape index (κ1) is 14.4. The fourth-order valence-corrected chi connectivity index (χ4v) is 3.73. The van der Waals surface area contributed by atoms with Gasteiger partial charge >= 0.3 is 0 Å². The third-order valence-electron chi connectivity index (χ3n) is 2.56. The van der Waals surface area contributed by atoms with Crippen molar-refractivity contribution in [2.75, 3.05) is 4.72 Å². The molecule has 2 aromatic carbocycles. The number of anilines is 1. The Hall–Kier alpha value is -1.04. The number of aryl methyl sites for hydroxylation is 1. The highest BCUT2D eigenvalue weighted by Gasteiger charge is 2.18. The number of halogens is 2. The van der Waals surface area contributed by atoms with E-state index in [2.05, 4.69) is 20.7 Å². The van der Waals surface area contributed by atoms with Crippen LogP contribution in [0.3, 0.4) is 0 Å². The summed E-state index contributed by atoms with van der Waals surface area (Å²) in [4.78, 5) is 0.0685. The van der Waals surface area contributed by atoms with Crippen molar-refractivity contribution in [1.29, 1.82) is 0 Å². The molecule has 3 nitrogen and oxygen atoms in total. The van der Waals surface area contributed by atoms with Gasteiger partial charge in [-0.3, -0.25) is 4.72 Å². The van der Waals surface area contributed by atoms with E-state index in [1.165, 1.54) is 6.07 Å². The van der Waals surface area contributed by atoms with Crippen LogP contribution >= 0.6 is 27.5 Å². The molecule has 0 saturated carbocycles. The Morgan fingerprint density at radius 2 is 1.84 bits per heavy atom. The molecule has 1 N–H and O–H groups in total. The van der Waals surface area contributed by atoms with Crippen molar-refractivity contribution in [3.05, 3.63) is 57.5 Å². The molecule has 0 saturated heterocycles. The van der Waals surface area contributed by atoms with E-state index in [9.17, 15) is 8.42 Å². The van der Waals surface area contributed by atoms with Crippen LogP contribution in [0.4, 0.5) is 5.69 Å². The van der Waals surface area contributed by atoms with Crippen molar-refractivity contribution in [3.8, 4) is 0 Å². The lowest BCUT2D eigenvalue weighted by Crippen LogP contribution is -2.14. The van der Waals surface area contributed by atoms with Gasteiger partial charge in [-0.25, -0.2) is 8.42 Å². The monoisotopic (exact) mass is 359 g/mol.